The summed E-state index contributed by atoms with van der Waals surface area (Å²) in [5, 5.41) is 6.06. The Labute approximate surface area is 105 Å². The summed E-state index contributed by atoms with van der Waals surface area (Å²) in [7, 11) is 1.66. The molecule has 4 nitrogen and oxygen atoms in total. The van der Waals surface area contributed by atoms with Crippen LogP contribution in [-0.4, -0.2) is 39.3 Å². The minimum atomic E-state index is 0.0562. The maximum atomic E-state index is 11.4. The summed E-state index contributed by atoms with van der Waals surface area (Å²) in [4.78, 5) is 11.4. The molecule has 0 bridgehead atoms. The lowest BCUT2D eigenvalue weighted by Gasteiger charge is -2.29. The number of hydrogen-bond donors (Lipinski definition) is 2. The van der Waals surface area contributed by atoms with Gasteiger partial charge in [0.15, 0.2) is 0 Å². The summed E-state index contributed by atoms with van der Waals surface area (Å²) >= 11 is 0. The van der Waals surface area contributed by atoms with Crippen LogP contribution in [-0.2, 0) is 9.53 Å². The molecule has 0 aliphatic carbocycles. The van der Waals surface area contributed by atoms with E-state index in [0.717, 1.165) is 13.0 Å². The number of methoxy groups -OCH3 is 1. The third kappa shape index (κ3) is 8.16. The molecular weight excluding hydrogens is 216 g/mol. The first-order chi connectivity index (χ1) is 7.90. The lowest BCUT2D eigenvalue weighted by atomic mass is 9.81. The van der Waals surface area contributed by atoms with Gasteiger partial charge in [-0.3, -0.25) is 4.79 Å². The monoisotopic (exact) mass is 244 g/mol. The molecule has 0 fully saturated rings. The Kier molecular flexibility index (Phi) is 8.17. The first-order valence-electron chi connectivity index (χ1n) is 6.36. The molecule has 0 aliphatic heterocycles. The Morgan fingerprint density at radius 2 is 2.00 bits per heavy atom. The summed E-state index contributed by atoms with van der Waals surface area (Å²) in [6, 6.07) is 0. The second-order valence-electron chi connectivity index (χ2n) is 5.44. The maximum absolute atomic E-state index is 11.4. The van der Waals surface area contributed by atoms with Gasteiger partial charge in [-0.05, 0) is 17.8 Å². The molecule has 0 aromatic carbocycles. The van der Waals surface area contributed by atoms with Crippen molar-refractivity contribution in [3.05, 3.63) is 0 Å². The number of amides is 1. The second-order valence-corrected chi connectivity index (χ2v) is 5.44. The summed E-state index contributed by atoms with van der Waals surface area (Å²) < 4.78 is 4.91. The van der Waals surface area contributed by atoms with Crippen LogP contribution in [0.2, 0.25) is 0 Å². The fourth-order valence-electron chi connectivity index (χ4n) is 1.21. The number of ether oxygens (including phenoxy) is 1. The van der Waals surface area contributed by atoms with Gasteiger partial charge in [0.1, 0.15) is 0 Å². The van der Waals surface area contributed by atoms with Crippen molar-refractivity contribution in [2.24, 2.45) is 11.3 Å². The van der Waals surface area contributed by atoms with Crippen LogP contribution in [0.4, 0.5) is 0 Å². The minimum absolute atomic E-state index is 0.0562. The van der Waals surface area contributed by atoms with E-state index < -0.39 is 0 Å². The Morgan fingerprint density at radius 1 is 1.35 bits per heavy atom. The normalized spacial score (nSPS) is 11.9. The van der Waals surface area contributed by atoms with Crippen molar-refractivity contribution < 1.29 is 9.53 Å². The lowest BCUT2D eigenvalue weighted by Crippen LogP contribution is -2.40. The molecule has 1 amide bonds. The molecule has 0 atom stereocenters. The zero-order valence-electron chi connectivity index (χ0n) is 11.9. The largest absolute Gasteiger partial charge is 0.385 e. The first kappa shape index (κ1) is 16.4. The van der Waals surface area contributed by atoms with E-state index in [-0.39, 0.29) is 11.3 Å². The summed E-state index contributed by atoms with van der Waals surface area (Å²) in [6.07, 6.45) is 0.861. The van der Waals surface area contributed by atoms with E-state index in [1.165, 1.54) is 0 Å². The zero-order valence-corrected chi connectivity index (χ0v) is 11.9. The van der Waals surface area contributed by atoms with Crippen LogP contribution in [0.3, 0.4) is 0 Å². The zero-order chi connectivity index (χ0) is 13.3. The van der Waals surface area contributed by atoms with Crippen LogP contribution in [0.5, 0.6) is 0 Å². The molecule has 2 N–H and O–H groups in total. The van der Waals surface area contributed by atoms with E-state index in [1.807, 2.05) is 0 Å². The topological polar surface area (TPSA) is 50.4 Å². The van der Waals surface area contributed by atoms with Crippen LogP contribution in [0, 0.1) is 11.3 Å². The predicted molar refractivity (Wildman–Crippen MR) is 71.0 cm³/mol. The van der Waals surface area contributed by atoms with Crippen LogP contribution >= 0.6 is 0 Å². The van der Waals surface area contributed by atoms with Gasteiger partial charge in [0, 0.05) is 26.8 Å². The Bertz CT molecular complexity index is 215. The van der Waals surface area contributed by atoms with Crippen molar-refractivity contribution in [2.75, 3.05) is 33.4 Å². The number of nitrogens with one attached hydrogen (secondary N) is 2. The highest BCUT2D eigenvalue weighted by Gasteiger charge is 2.21. The maximum Gasteiger partial charge on any atom is 0.233 e. The van der Waals surface area contributed by atoms with Gasteiger partial charge in [0.05, 0.1) is 6.54 Å². The van der Waals surface area contributed by atoms with Crippen LogP contribution in [0.15, 0.2) is 0 Å². The average molecular weight is 244 g/mol. The minimum Gasteiger partial charge on any atom is -0.385 e. The summed E-state index contributed by atoms with van der Waals surface area (Å²) in [5.74, 6) is 0.653. The molecule has 0 aromatic heterocycles. The van der Waals surface area contributed by atoms with E-state index in [4.69, 9.17) is 4.74 Å². The first-order valence-corrected chi connectivity index (χ1v) is 6.36. The van der Waals surface area contributed by atoms with Crippen LogP contribution in [0.1, 0.15) is 34.1 Å². The molecule has 17 heavy (non-hydrogen) atoms. The number of carbonyl (C=O) groups is 1. The predicted octanol–water partition coefficient (Wildman–Crippen LogP) is 1.41. The quantitative estimate of drug-likeness (QED) is 0.603. The molecule has 0 saturated carbocycles. The standard InChI is InChI=1S/C13H28N2O2/c1-11(2)13(3,4)10-14-9-12(16)15-7-6-8-17-5/h11,14H,6-10H2,1-5H3,(H,15,16). The van der Waals surface area contributed by atoms with Gasteiger partial charge < -0.3 is 15.4 Å². The second kappa shape index (κ2) is 8.48. The smallest absolute Gasteiger partial charge is 0.233 e. The van der Waals surface area contributed by atoms with Gasteiger partial charge in [-0.15, -0.1) is 0 Å². The number of hydrogen-bond acceptors (Lipinski definition) is 3. The van der Waals surface area contributed by atoms with Crippen molar-refractivity contribution in [1.29, 1.82) is 0 Å². The van der Waals surface area contributed by atoms with E-state index in [2.05, 4.69) is 38.3 Å². The Morgan fingerprint density at radius 3 is 2.53 bits per heavy atom. The molecule has 0 radical (unpaired) electrons. The fourth-order valence-corrected chi connectivity index (χ4v) is 1.21. The van der Waals surface area contributed by atoms with Crippen LogP contribution in [0.25, 0.3) is 0 Å². The van der Waals surface area contributed by atoms with E-state index in [1.54, 1.807) is 7.11 Å². The van der Waals surface area contributed by atoms with Crippen LogP contribution < -0.4 is 10.6 Å². The number of carbonyl (C=O) groups excluding carboxylic acids is 1. The van der Waals surface area contributed by atoms with Crippen molar-refractivity contribution >= 4 is 5.91 Å². The molecule has 0 aromatic rings. The van der Waals surface area contributed by atoms with E-state index in [9.17, 15) is 4.79 Å². The highest BCUT2D eigenvalue weighted by molar-refractivity contribution is 5.77. The lowest BCUT2D eigenvalue weighted by molar-refractivity contribution is -0.120. The summed E-state index contributed by atoms with van der Waals surface area (Å²) in [5.41, 5.74) is 0.219. The molecular formula is C13H28N2O2. The van der Waals surface area contributed by atoms with Crippen molar-refractivity contribution in [3.8, 4) is 0 Å². The van der Waals surface area contributed by atoms with Gasteiger partial charge in [0.25, 0.3) is 0 Å². The molecule has 0 heterocycles. The molecule has 0 saturated heterocycles. The van der Waals surface area contributed by atoms with Crippen molar-refractivity contribution in [2.45, 2.75) is 34.1 Å². The SMILES string of the molecule is COCCCNC(=O)CNCC(C)(C)C(C)C. The van der Waals surface area contributed by atoms with Gasteiger partial charge >= 0.3 is 0 Å². The van der Waals surface area contributed by atoms with Gasteiger partial charge in [-0.1, -0.05) is 27.7 Å². The molecule has 0 unspecified atom stereocenters. The molecule has 102 valence electrons. The highest BCUT2D eigenvalue weighted by atomic mass is 16.5. The average Bonchev–Trinajstić information content (AvgIpc) is 2.24. The number of rotatable bonds is 9. The van der Waals surface area contributed by atoms with E-state index in [0.29, 0.717) is 25.6 Å². The van der Waals surface area contributed by atoms with Gasteiger partial charge in [-0.2, -0.15) is 0 Å². The van der Waals surface area contributed by atoms with Crippen molar-refractivity contribution in [1.82, 2.24) is 10.6 Å². The Hall–Kier alpha value is -0.610. The fraction of sp³-hybridized carbons (Fsp3) is 0.923. The third-order valence-electron chi connectivity index (χ3n) is 3.28. The molecule has 0 aliphatic rings. The molecule has 0 spiro atoms. The molecule has 4 heteroatoms. The Balaban J connectivity index is 3.58. The van der Waals surface area contributed by atoms with Crippen molar-refractivity contribution in [3.63, 3.8) is 0 Å². The van der Waals surface area contributed by atoms with E-state index >= 15 is 0 Å². The summed E-state index contributed by atoms with van der Waals surface area (Å²) in [6.45, 7) is 11.4. The van der Waals surface area contributed by atoms with Gasteiger partial charge in [-0.25, -0.2) is 0 Å². The van der Waals surface area contributed by atoms with Gasteiger partial charge in [0.2, 0.25) is 5.91 Å². The third-order valence-corrected chi connectivity index (χ3v) is 3.28. The molecule has 0 rings (SSSR count). The highest BCUT2D eigenvalue weighted by Crippen LogP contribution is 2.24.